The smallest absolute Gasteiger partial charge is 0.490 e. The van der Waals surface area contributed by atoms with E-state index in [2.05, 4.69) is 9.93 Å². The van der Waals surface area contributed by atoms with Crippen molar-refractivity contribution in [3.8, 4) is 0 Å². The van der Waals surface area contributed by atoms with Crippen LogP contribution in [0.5, 0.6) is 0 Å². The molecule has 0 aliphatic rings. The van der Waals surface area contributed by atoms with Gasteiger partial charge >= 0.3 is 29.6 Å². The Hall–Kier alpha value is -1.14. The molecule has 2 rings (SSSR count). The third kappa shape index (κ3) is 4.97. The van der Waals surface area contributed by atoms with Crippen molar-refractivity contribution in [1.29, 1.82) is 0 Å². The summed E-state index contributed by atoms with van der Waals surface area (Å²) in [6.45, 7) is 3.62. The van der Waals surface area contributed by atoms with Crippen LogP contribution in [-0.4, -0.2) is 14.1 Å². The van der Waals surface area contributed by atoms with Crippen molar-refractivity contribution in [2.24, 2.45) is 5.10 Å². The van der Waals surface area contributed by atoms with E-state index in [1.807, 2.05) is 37.3 Å². The zero-order valence-electron chi connectivity index (χ0n) is 12.3. The summed E-state index contributed by atoms with van der Waals surface area (Å²) in [5.74, 6) is 0. The van der Waals surface area contributed by atoms with E-state index in [0.29, 0.717) is 5.71 Å². The van der Waals surface area contributed by atoms with E-state index >= 15 is 0 Å². The minimum Gasteiger partial charge on any atom is -0.490 e. The molecule has 6 heteroatoms. The summed E-state index contributed by atoms with van der Waals surface area (Å²) in [5.41, 5.74) is 2.39. The van der Waals surface area contributed by atoms with Crippen LogP contribution in [0.4, 0.5) is 0 Å². The molecule has 0 atom stereocenters. The summed E-state index contributed by atoms with van der Waals surface area (Å²) in [4.78, 5) is 3.64. The van der Waals surface area contributed by atoms with Gasteiger partial charge in [0.25, 0.3) is 0 Å². The Bertz CT molecular complexity index is 711. The second-order valence-electron chi connectivity index (χ2n) is 4.42. The fraction of sp³-hybridized carbons (Fsp3) is 0.133. The third-order valence-electron chi connectivity index (χ3n) is 2.81. The Balaban J connectivity index is 0.00000220. The van der Waals surface area contributed by atoms with Crippen LogP contribution in [0.25, 0.3) is 4.83 Å². The van der Waals surface area contributed by atoms with Gasteiger partial charge in [-0.15, -0.1) is 0 Å². The molecule has 0 radical (unpaired) electrons. The topological polar surface area (TPSA) is 60.6 Å². The van der Waals surface area contributed by atoms with Crippen molar-refractivity contribution in [3.05, 3.63) is 70.6 Å². The largest absolute Gasteiger partial charge is 1.00 e. The molecule has 0 saturated heterocycles. The normalized spacial score (nSPS) is 11.6. The summed E-state index contributed by atoms with van der Waals surface area (Å²) in [6.07, 6.45) is 0. The fourth-order valence-corrected chi connectivity index (χ4v) is 2.41. The molecule has 0 bridgehead atoms. The van der Waals surface area contributed by atoms with Crippen LogP contribution in [-0.2, 0) is 10.0 Å². The Morgan fingerprint density at radius 3 is 2.14 bits per heavy atom. The number of benzene rings is 2. The summed E-state index contributed by atoms with van der Waals surface area (Å²) in [6, 6.07) is 15.8. The quantitative estimate of drug-likeness (QED) is 0.469. The van der Waals surface area contributed by atoms with Crippen molar-refractivity contribution in [2.75, 3.05) is 0 Å². The van der Waals surface area contributed by atoms with Crippen LogP contribution in [0.2, 0.25) is 0 Å². The fourth-order valence-electron chi connectivity index (χ4n) is 1.61. The third-order valence-corrected chi connectivity index (χ3v) is 3.97. The van der Waals surface area contributed by atoms with Gasteiger partial charge in [-0.1, -0.05) is 48.0 Å². The predicted octanol–water partition coefficient (Wildman–Crippen LogP) is 0.486. The average Bonchev–Trinajstić information content (AvgIpc) is 2.46. The predicted molar refractivity (Wildman–Crippen MR) is 80.4 cm³/mol. The van der Waals surface area contributed by atoms with Gasteiger partial charge in [0.15, 0.2) is 0 Å². The minimum absolute atomic E-state index is 0. The van der Waals surface area contributed by atoms with Crippen molar-refractivity contribution in [1.82, 2.24) is 0 Å². The van der Waals surface area contributed by atoms with Gasteiger partial charge in [0.05, 0.1) is 4.90 Å². The molecule has 0 fully saturated rings. The van der Waals surface area contributed by atoms with E-state index in [9.17, 15) is 8.42 Å². The van der Waals surface area contributed by atoms with Crippen LogP contribution < -0.4 is 29.6 Å². The first-order valence-electron chi connectivity index (χ1n) is 6.13. The molecule has 2 aromatic rings. The Labute approximate surface area is 147 Å². The molecule has 104 valence electrons. The first-order chi connectivity index (χ1) is 9.49. The van der Waals surface area contributed by atoms with Crippen LogP contribution in [0.3, 0.4) is 0 Å². The Kier molecular flexibility index (Phi) is 6.61. The number of rotatable bonds is 4. The summed E-state index contributed by atoms with van der Waals surface area (Å²) in [7, 11) is -3.74. The molecular formula is C15H15N2NaO2S. The van der Waals surface area contributed by atoms with Crippen LogP contribution >= 0.6 is 0 Å². The second kappa shape index (κ2) is 7.75. The van der Waals surface area contributed by atoms with Crippen molar-refractivity contribution in [3.63, 3.8) is 0 Å². The molecule has 0 spiro atoms. The molecule has 0 aliphatic carbocycles. The van der Waals surface area contributed by atoms with Gasteiger partial charge in [0.2, 0.25) is 0 Å². The standard InChI is InChI=1S/C15H15N2O2S.Na/c1-12-8-10-15(11-9-12)20(18,19)17-16-13(2)14-6-4-3-5-7-14;/h3-11H,1-2H3;/q-1;+1/b16-13+;. The molecule has 0 unspecified atom stereocenters. The van der Waals surface area contributed by atoms with Crippen LogP contribution in [0.1, 0.15) is 18.1 Å². The minimum atomic E-state index is -3.74. The molecule has 0 saturated carbocycles. The van der Waals surface area contributed by atoms with Gasteiger partial charge < -0.3 is 9.93 Å². The van der Waals surface area contributed by atoms with E-state index in [1.54, 1.807) is 19.1 Å². The molecule has 0 aromatic heterocycles. The maximum Gasteiger partial charge on any atom is 1.00 e. The maximum atomic E-state index is 12.0. The molecule has 0 aliphatic heterocycles. The monoisotopic (exact) mass is 310 g/mol. The average molecular weight is 310 g/mol. The van der Waals surface area contributed by atoms with Crippen molar-refractivity contribution >= 4 is 15.7 Å². The molecule has 0 N–H and O–H groups in total. The van der Waals surface area contributed by atoms with E-state index < -0.39 is 10.0 Å². The summed E-state index contributed by atoms with van der Waals surface area (Å²) in [5, 5.41) is 3.82. The summed E-state index contributed by atoms with van der Waals surface area (Å²) >= 11 is 0. The van der Waals surface area contributed by atoms with Gasteiger partial charge in [-0.2, -0.15) is 0 Å². The molecule has 0 heterocycles. The van der Waals surface area contributed by atoms with Gasteiger partial charge in [-0.05, 0) is 31.5 Å². The molecule has 2 aromatic carbocycles. The van der Waals surface area contributed by atoms with Gasteiger partial charge in [-0.25, -0.2) is 8.42 Å². The van der Waals surface area contributed by atoms with Crippen LogP contribution in [0, 0.1) is 6.92 Å². The molecular weight excluding hydrogens is 295 g/mol. The zero-order valence-corrected chi connectivity index (χ0v) is 15.1. The SMILES string of the molecule is C/C(=N\[N-]S(=O)(=O)c1ccc(C)cc1)c1ccccc1.[Na+]. The second-order valence-corrected chi connectivity index (χ2v) is 6.01. The van der Waals surface area contributed by atoms with E-state index in [-0.39, 0.29) is 34.5 Å². The molecule has 21 heavy (non-hydrogen) atoms. The first kappa shape index (κ1) is 17.9. The maximum absolute atomic E-state index is 12.0. The number of nitrogens with zero attached hydrogens (tertiary/aromatic N) is 2. The van der Waals surface area contributed by atoms with Crippen molar-refractivity contribution < 1.29 is 38.0 Å². The summed E-state index contributed by atoms with van der Waals surface area (Å²) < 4.78 is 24.0. The van der Waals surface area contributed by atoms with Crippen molar-refractivity contribution in [2.45, 2.75) is 18.7 Å². The zero-order chi connectivity index (χ0) is 14.6. The number of hydrogen-bond donors (Lipinski definition) is 0. The van der Waals surface area contributed by atoms with E-state index in [4.69, 9.17) is 0 Å². The molecule has 4 nitrogen and oxygen atoms in total. The molecule has 0 amide bonds. The first-order valence-corrected chi connectivity index (χ1v) is 7.57. The van der Waals surface area contributed by atoms with Crippen LogP contribution in [0.15, 0.2) is 64.6 Å². The van der Waals surface area contributed by atoms with Gasteiger partial charge in [-0.3, -0.25) is 0 Å². The Morgan fingerprint density at radius 1 is 1.00 bits per heavy atom. The number of hydrogen-bond acceptors (Lipinski definition) is 3. The number of sulfonamides is 1. The van der Waals surface area contributed by atoms with E-state index in [1.165, 1.54) is 12.1 Å². The van der Waals surface area contributed by atoms with Gasteiger partial charge in [0, 0.05) is 5.71 Å². The van der Waals surface area contributed by atoms with Gasteiger partial charge in [0.1, 0.15) is 10.0 Å². The van der Waals surface area contributed by atoms with E-state index in [0.717, 1.165) is 11.1 Å². The Morgan fingerprint density at radius 2 is 1.57 bits per heavy atom. The number of aryl methyl sites for hydroxylation is 1.